The van der Waals surface area contributed by atoms with Crippen molar-refractivity contribution in [2.24, 2.45) is 0 Å². The molecule has 0 saturated carbocycles. The van der Waals surface area contributed by atoms with Crippen LogP contribution in [0.5, 0.6) is 0 Å². The molecular weight excluding hydrogens is 226 g/mol. The Kier molecular flexibility index (Phi) is 3.35. The number of benzene rings is 1. The zero-order chi connectivity index (χ0) is 13.0. The van der Waals surface area contributed by atoms with Gasteiger partial charge >= 0.3 is 0 Å². The van der Waals surface area contributed by atoms with E-state index in [0.717, 1.165) is 0 Å². The molecule has 0 aliphatic rings. The number of aromatic nitrogens is 1. The molecule has 0 saturated heterocycles. The number of hydrogen-bond donors (Lipinski definition) is 1. The maximum Gasteiger partial charge on any atom is 0.257 e. The van der Waals surface area contributed by atoms with Crippen LogP contribution in [-0.4, -0.2) is 10.9 Å². The van der Waals surface area contributed by atoms with Crippen molar-refractivity contribution in [2.45, 2.75) is 6.92 Å². The molecule has 1 aromatic carbocycles. The van der Waals surface area contributed by atoms with Gasteiger partial charge in [-0.1, -0.05) is 12.1 Å². The van der Waals surface area contributed by atoms with Crippen molar-refractivity contribution in [1.29, 1.82) is 5.26 Å². The van der Waals surface area contributed by atoms with E-state index in [9.17, 15) is 4.79 Å². The smallest absolute Gasteiger partial charge is 0.257 e. The summed E-state index contributed by atoms with van der Waals surface area (Å²) in [5.41, 5.74) is 1.66. The zero-order valence-corrected chi connectivity index (χ0v) is 9.84. The number of anilines is 1. The third kappa shape index (κ3) is 2.36. The lowest BCUT2D eigenvalue weighted by molar-refractivity contribution is 0.102. The first-order chi connectivity index (χ1) is 8.72. The fourth-order valence-corrected chi connectivity index (χ4v) is 1.62. The molecule has 2 aromatic rings. The van der Waals surface area contributed by atoms with E-state index < -0.39 is 0 Å². The second kappa shape index (κ2) is 5.11. The first kappa shape index (κ1) is 11.8. The molecule has 88 valence electrons. The van der Waals surface area contributed by atoms with E-state index in [0.29, 0.717) is 22.5 Å². The average Bonchev–Trinajstić information content (AvgIpc) is 2.40. The Bertz CT molecular complexity index is 615. The molecule has 1 amide bonds. The molecule has 0 unspecified atom stereocenters. The molecule has 18 heavy (non-hydrogen) atoms. The highest BCUT2D eigenvalue weighted by Crippen LogP contribution is 2.14. The summed E-state index contributed by atoms with van der Waals surface area (Å²) in [7, 11) is 0. The van der Waals surface area contributed by atoms with Gasteiger partial charge in [-0.2, -0.15) is 5.26 Å². The highest BCUT2D eigenvalue weighted by molar-refractivity contribution is 6.05. The highest BCUT2D eigenvalue weighted by Gasteiger charge is 2.11. The van der Waals surface area contributed by atoms with Gasteiger partial charge in [0, 0.05) is 11.8 Å². The fraction of sp³-hybridized carbons (Fsp3) is 0.0714. The standard InChI is InChI=1S/C14H11N3O/c1-10-11(9-15)5-4-6-12(10)14(18)17-13-7-2-3-8-16-13/h2-8H,1H3,(H,16,17,18). The van der Waals surface area contributed by atoms with Gasteiger partial charge in [-0.25, -0.2) is 4.98 Å². The quantitative estimate of drug-likeness (QED) is 0.872. The highest BCUT2D eigenvalue weighted by atomic mass is 16.1. The van der Waals surface area contributed by atoms with Crippen LogP contribution < -0.4 is 5.32 Å². The normalized spacial score (nSPS) is 9.56. The van der Waals surface area contributed by atoms with Gasteiger partial charge in [-0.15, -0.1) is 0 Å². The van der Waals surface area contributed by atoms with Crippen LogP contribution in [0.3, 0.4) is 0 Å². The Morgan fingerprint density at radius 1 is 1.28 bits per heavy atom. The van der Waals surface area contributed by atoms with Crippen LogP contribution in [0.25, 0.3) is 0 Å². The predicted octanol–water partition coefficient (Wildman–Crippen LogP) is 2.51. The molecule has 0 radical (unpaired) electrons. The number of nitrogens with zero attached hydrogens (tertiary/aromatic N) is 2. The zero-order valence-electron chi connectivity index (χ0n) is 9.84. The van der Waals surface area contributed by atoms with Crippen molar-refractivity contribution < 1.29 is 4.79 Å². The Balaban J connectivity index is 2.28. The van der Waals surface area contributed by atoms with E-state index in [1.54, 1.807) is 49.5 Å². The second-order valence-electron chi connectivity index (χ2n) is 3.76. The molecular formula is C14H11N3O. The summed E-state index contributed by atoms with van der Waals surface area (Å²) < 4.78 is 0. The number of carbonyl (C=O) groups excluding carboxylic acids is 1. The summed E-state index contributed by atoms with van der Waals surface area (Å²) in [6.07, 6.45) is 1.61. The van der Waals surface area contributed by atoms with Crippen molar-refractivity contribution in [1.82, 2.24) is 4.98 Å². The van der Waals surface area contributed by atoms with Gasteiger partial charge in [0.05, 0.1) is 11.6 Å². The van der Waals surface area contributed by atoms with E-state index in [1.807, 2.05) is 0 Å². The average molecular weight is 237 g/mol. The number of nitriles is 1. The maximum absolute atomic E-state index is 12.0. The molecule has 0 fully saturated rings. The number of hydrogen-bond acceptors (Lipinski definition) is 3. The van der Waals surface area contributed by atoms with E-state index in [2.05, 4.69) is 16.4 Å². The molecule has 0 atom stereocenters. The van der Waals surface area contributed by atoms with E-state index in [1.165, 1.54) is 0 Å². The summed E-state index contributed by atoms with van der Waals surface area (Å²) in [6, 6.07) is 12.4. The van der Waals surface area contributed by atoms with Gasteiger partial charge in [-0.05, 0) is 36.8 Å². The number of nitrogens with one attached hydrogen (secondary N) is 1. The Labute approximate surface area is 105 Å². The van der Waals surface area contributed by atoms with Crippen LogP contribution in [0, 0.1) is 18.3 Å². The third-order valence-electron chi connectivity index (χ3n) is 2.61. The van der Waals surface area contributed by atoms with Gasteiger partial charge in [0.25, 0.3) is 5.91 Å². The van der Waals surface area contributed by atoms with Gasteiger partial charge in [0.1, 0.15) is 5.82 Å². The maximum atomic E-state index is 12.0. The molecule has 2 rings (SSSR count). The molecule has 4 nitrogen and oxygen atoms in total. The molecule has 4 heteroatoms. The van der Waals surface area contributed by atoms with Crippen LogP contribution in [0.1, 0.15) is 21.5 Å². The molecule has 0 bridgehead atoms. The minimum Gasteiger partial charge on any atom is -0.307 e. The molecule has 1 aromatic heterocycles. The Morgan fingerprint density at radius 2 is 2.11 bits per heavy atom. The van der Waals surface area contributed by atoms with Crippen LogP contribution in [0.2, 0.25) is 0 Å². The minimum atomic E-state index is -0.261. The van der Waals surface area contributed by atoms with Crippen molar-refractivity contribution in [3.63, 3.8) is 0 Å². The lowest BCUT2D eigenvalue weighted by atomic mass is 10.0. The fourth-order valence-electron chi connectivity index (χ4n) is 1.62. The van der Waals surface area contributed by atoms with Gasteiger partial charge in [0.15, 0.2) is 0 Å². The molecule has 1 heterocycles. The van der Waals surface area contributed by atoms with Crippen LogP contribution >= 0.6 is 0 Å². The first-order valence-electron chi connectivity index (χ1n) is 5.44. The van der Waals surface area contributed by atoms with Gasteiger partial charge < -0.3 is 5.32 Å². The molecule has 0 aliphatic heterocycles. The first-order valence-corrected chi connectivity index (χ1v) is 5.44. The van der Waals surface area contributed by atoms with Crippen LogP contribution in [0.4, 0.5) is 5.82 Å². The summed E-state index contributed by atoms with van der Waals surface area (Å²) in [6.45, 7) is 1.76. The number of carbonyl (C=O) groups is 1. The van der Waals surface area contributed by atoms with Crippen LogP contribution in [0.15, 0.2) is 42.6 Å². The van der Waals surface area contributed by atoms with Crippen LogP contribution in [-0.2, 0) is 0 Å². The lowest BCUT2D eigenvalue weighted by Gasteiger charge is -2.07. The summed E-state index contributed by atoms with van der Waals surface area (Å²) in [4.78, 5) is 16.1. The third-order valence-corrected chi connectivity index (χ3v) is 2.61. The Morgan fingerprint density at radius 3 is 2.78 bits per heavy atom. The van der Waals surface area contributed by atoms with Crippen molar-refractivity contribution >= 4 is 11.7 Å². The molecule has 1 N–H and O–H groups in total. The lowest BCUT2D eigenvalue weighted by Crippen LogP contribution is -2.14. The number of amides is 1. The summed E-state index contributed by atoms with van der Waals surface area (Å²) in [5.74, 6) is 0.229. The summed E-state index contributed by atoms with van der Waals surface area (Å²) in [5, 5.41) is 11.6. The number of rotatable bonds is 2. The SMILES string of the molecule is Cc1c(C#N)cccc1C(=O)Nc1ccccn1. The van der Waals surface area contributed by atoms with Crippen molar-refractivity contribution in [3.05, 3.63) is 59.3 Å². The Hall–Kier alpha value is -2.67. The summed E-state index contributed by atoms with van der Waals surface area (Å²) >= 11 is 0. The van der Waals surface area contributed by atoms with E-state index >= 15 is 0 Å². The monoisotopic (exact) mass is 237 g/mol. The molecule has 0 aliphatic carbocycles. The largest absolute Gasteiger partial charge is 0.307 e. The van der Waals surface area contributed by atoms with Gasteiger partial charge in [-0.3, -0.25) is 4.79 Å². The van der Waals surface area contributed by atoms with E-state index in [4.69, 9.17) is 5.26 Å². The predicted molar refractivity (Wildman–Crippen MR) is 68.1 cm³/mol. The minimum absolute atomic E-state index is 0.261. The van der Waals surface area contributed by atoms with Crippen molar-refractivity contribution in [2.75, 3.05) is 5.32 Å². The second-order valence-corrected chi connectivity index (χ2v) is 3.76. The van der Waals surface area contributed by atoms with E-state index in [-0.39, 0.29) is 5.91 Å². The van der Waals surface area contributed by atoms with Gasteiger partial charge in [0.2, 0.25) is 0 Å². The molecule has 0 spiro atoms. The number of pyridine rings is 1. The topological polar surface area (TPSA) is 65.8 Å². The van der Waals surface area contributed by atoms with Crippen molar-refractivity contribution in [3.8, 4) is 6.07 Å².